The molecule has 3 N–H and O–H groups in total. The molecule has 90 valence electrons. The summed E-state index contributed by atoms with van der Waals surface area (Å²) in [5.41, 5.74) is 10.1. The molecule has 0 atom stereocenters. The molecule has 0 unspecified atom stereocenters. The Bertz CT molecular complexity index is 435. The van der Waals surface area contributed by atoms with E-state index in [0.29, 0.717) is 0 Å². The fraction of sp³-hybridized carbons (Fsp3) is 0.231. The Morgan fingerprint density at radius 3 is 2.59 bits per heavy atom. The highest BCUT2D eigenvalue weighted by molar-refractivity contribution is 6.03. The molecule has 17 heavy (non-hydrogen) atoms. The maximum atomic E-state index is 10.6. The highest BCUT2D eigenvalue weighted by atomic mass is 16.2. The van der Waals surface area contributed by atoms with E-state index >= 15 is 0 Å². The number of carbonyl (C=O) groups is 1. The quantitative estimate of drug-likeness (QED) is 0.606. The average molecular weight is 231 g/mol. The van der Waals surface area contributed by atoms with Crippen molar-refractivity contribution in [2.45, 2.75) is 20.3 Å². The Balaban J connectivity index is 2.86. The monoisotopic (exact) mass is 231 g/mol. The molecular weight excluding hydrogens is 214 g/mol. The van der Waals surface area contributed by atoms with E-state index in [-0.39, 0.29) is 0 Å². The molecule has 2 amide bonds. The number of hydrazone groups is 1. The summed E-state index contributed by atoms with van der Waals surface area (Å²) in [7, 11) is 0. The standard InChI is InChI=1S/C13H17N3O/c1-3-12(15-16-13(14)17)10(2)9-11-7-5-4-6-8-11/h4-9H,3H2,1-2H3,(H3,14,16,17). The van der Waals surface area contributed by atoms with Crippen LogP contribution in [0.25, 0.3) is 6.08 Å². The van der Waals surface area contributed by atoms with E-state index in [2.05, 4.69) is 10.5 Å². The molecule has 0 fully saturated rings. The number of hydrogen-bond donors (Lipinski definition) is 2. The smallest absolute Gasteiger partial charge is 0.332 e. The van der Waals surface area contributed by atoms with Gasteiger partial charge in [-0.25, -0.2) is 10.2 Å². The van der Waals surface area contributed by atoms with Gasteiger partial charge in [0.15, 0.2) is 0 Å². The van der Waals surface area contributed by atoms with Gasteiger partial charge in [0.1, 0.15) is 0 Å². The van der Waals surface area contributed by atoms with Gasteiger partial charge in [-0.05, 0) is 24.5 Å². The Hall–Kier alpha value is -2.10. The second-order valence-corrected chi connectivity index (χ2v) is 3.63. The minimum absolute atomic E-state index is 0.650. The maximum Gasteiger partial charge on any atom is 0.332 e. The van der Waals surface area contributed by atoms with Crippen LogP contribution in [0.15, 0.2) is 41.0 Å². The number of urea groups is 1. The van der Waals surface area contributed by atoms with Crippen molar-refractivity contribution >= 4 is 17.8 Å². The van der Waals surface area contributed by atoms with Gasteiger partial charge >= 0.3 is 6.03 Å². The van der Waals surface area contributed by atoms with Crippen molar-refractivity contribution in [3.8, 4) is 0 Å². The topological polar surface area (TPSA) is 67.5 Å². The van der Waals surface area contributed by atoms with Crippen LogP contribution in [0.5, 0.6) is 0 Å². The average Bonchev–Trinajstić information content (AvgIpc) is 2.30. The molecular formula is C13H17N3O. The van der Waals surface area contributed by atoms with E-state index in [0.717, 1.165) is 23.3 Å². The molecule has 1 rings (SSSR count). The van der Waals surface area contributed by atoms with Gasteiger partial charge in [-0.1, -0.05) is 43.3 Å². The fourth-order valence-electron chi connectivity index (χ4n) is 1.45. The number of nitrogens with two attached hydrogens (primary N) is 1. The summed E-state index contributed by atoms with van der Waals surface area (Å²) in [6.45, 7) is 3.93. The van der Waals surface area contributed by atoms with E-state index < -0.39 is 6.03 Å². The van der Waals surface area contributed by atoms with E-state index in [1.807, 2.05) is 50.3 Å². The number of benzene rings is 1. The Labute approximate surface area is 101 Å². The van der Waals surface area contributed by atoms with Crippen molar-refractivity contribution in [3.05, 3.63) is 41.5 Å². The van der Waals surface area contributed by atoms with Crippen molar-refractivity contribution in [2.24, 2.45) is 10.8 Å². The second-order valence-electron chi connectivity index (χ2n) is 3.63. The van der Waals surface area contributed by atoms with Gasteiger partial charge in [0.25, 0.3) is 0 Å². The normalized spacial score (nSPS) is 12.4. The largest absolute Gasteiger partial charge is 0.350 e. The lowest BCUT2D eigenvalue weighted by Gasteiger charge is -2.04. The zero-order chi connectivity index (χ0) is 12.7. The van der Waals surface area contributed by atoms with Gasteiger partial charge in [0, 0.05) is 0 Å². The molecule has 0 bridgehead atoms. The summed E-state index contributed by atoms with van der Waals surface area (Å²) < 4.78 is 0. The highest BCUT2D eigenvalue weighted by Crippen LogP contribution is 2.09. The molecule has 0 heterocycles. The van der Waals surface area contributed by atoms with Crippen LogP contribution in [-0.4, -0.2) is 11.7 Å². The first-order valence-electron chi connectivity index (χ1n) is 5.49. The number of rotatable bonds is 4. The van der Waals surface area contributed by atoms with Crippen LogP contribution in [0.4, 0.5) is 4.79 Å². The number of hydrogen-bond acceptors (Lipinski definition) is 2. The van der Waals surface area contributed by atoms with Crippen molar-refractivity contribution < 1.29 is 4.79 Å². The SMILES string of the molecule is CCC(=NNC(N)=O)C(C)=Cc1ccccc1. The number of nitrogens with zero attached hydrogens (tertiary/aromatic N) is 1. The summed E-state index contributed by atoms with van der Waals surface area (Å²) in [4.78, 5) is 10.6. The van der Waals surface area contributed by atoms with Crippen LogP contribution in [-0.2, 0) is 0 Å². The number of primary amides is 1. The van der Waals surface area contributed by atoms with Crippen molar-refractivity contribution in [2.75, 3.05) is 0 Å². The third-order valence-corrected chi connectivity index (χ3v) is 2.27. The molecule has 1 aromatic rings. The maximum absolute atomic E-state index is 10.6. The van der Waals surface area contributed by atoms with Gasteiger partial charge in [0.2, 0.25) is 0 Å². The lowest BCUT2D eigenvalue weighted by molar-refractivity contribution is 0.249. The molecule has 0 aliphatic carbocycles. The van der Waals surface area contributed by atoms with Gasteiger partial charge in [0.05, 0.1) is 5.71 Å². The summed E-state index contributed by atoms with van der Waals surface area (Å²) in [6.07, 6.45) is 2.75. The summed E-state index contributed by atoms with van der Waals surface area (Å²) >= 11 is 0. The predicted molar refractivity (Wildman–Crippen MR) is 70.5 cm³/mol. The van der Waals surface area contributed by atoms with Crippen molar-refractivity contribution in [1.82, 2.24) is 5.43 Å². The second kappa shape index (κ2) is 6.48. The Morgan fingerprint density at radius 1 is 1.41 bits per heavy atom. The Kier molecular flexibility index (Phi) is 4.94. The molecule has 0 aliphatic rings. The number of carbonyl (C=O) groups excluding carboxylic acids is 1. The molecule has 0 spiro atoms. The number of allylic oxidation sites excluding steroid dienone is 1. The lowest BCUT2D eigenvalue weighted by atomic mass is 10.1. The van der Waals surface area contributed by atoms with E-state index in [4.69, 9.17) is 5.73 Å². The van der Waals surface area contributed by atoms with Crippen molar-refractivity contribution in [1.29, 1.82) is 0 Å². The zero-order valence-corrected chi connectivity index (χ0v) is 10.1. The first-order chi connectivity index (χ1) is 8.13. The summed E-state index contributed by atoms with van der Waals surface area (Å²) in [6, 6.07) is 9.29. The van der Waals surface area contributed by atoms with Gasteiger partial charge < -0.3 is 5.73 Å². The summed E-state index contributed by atoms with van der Waals surface area (Å²) in [5.74, 6) is 0. The molecule has 1 aromatic carbocycles. The first kappa shape index (κ1) is 13.0. The van der Waals surface area contributed by atoms with Crippen LogP contribution in [0, 0.1) is 0 Å². The van der Waals surface area contributed by atoms with Crippen LogP contribution in [0.3, 0.4) is 0 Å². The van der Waals surface area contributed by atoms with E-state index in [1.165, 1.54) is 0 Å². The van der Waals surface area contributed by atoms with Crippen LogP contribution in [0.2, 0.25) is 0 Å². The third-order valence-electron chi connectivity index (χ3n) is 2.27. The number of nitrogens with one attached hydrogen (secondary N) is 1. The fourth-order valence-corrected chi connectivity index (χ4v) is 1.45. The molecule has 4 nitrogen and oxygen atoms in total. The van der Waals surface area contributed by atoms with Crippen LogP contribution >= 0.6 is 0 Å². The molecule has 0 aliphatic heterocycles. The molecule has 0 radical (unpaired) electrons. The van der Waals surface area contributed by atoms with E-state index in [9.17, 15) is 4.79 Å². The molecule has 0 saturated heterocycles. The van der Waals surface area contributed by atoms with Crippen LogP contribution in [0.1, 0.15) is 25.8 Å². The lowest BCUT2D eigenvalue weighted by Crippen LogP contribution is -2.25. The minimum atomic E-state index is -0.650. The highest BCUT2D eigenvalue weighted by Gasteiger charge is 2.00. The molecule has 0 aromatic heterocycles. The number of amides is 2. The zero-order valence-electron chi connectivity index (χ0n) is 10.1. The summed E-state index contributed by atoms with van der Waals surface area (Å²) in [5, 5.41) is 3.96. The molecule has 0 saturated carbocycles. The van der Waals surface area contributed by atoms with Gasteiger partial charge in [-0.2, -0.15) is 5.10 Å². The van der Waals surface area contributed by atoms with Crippen molar-refractivity contribution in [3.63, 3.8) is 0 Å². The minimum Gasteiger partial charge on any atom is -0.350 e. The Morgan fingerprint density at radius 2 is 2.06 bits per heavy atom. The third kappa shape index (κ3) is 4.51. The van der Waals surface area contributed by atoms with Crippen LogP contribution < -0.4 is 11.2 Å². The first-order valence-corrected chi connectivity index (χ1v) is 5.49. The van der Waals surface area contributed by atoms with Gasteiger partial charge in [-0.3, -0.25) is 0 Å². The van der Waals surface area contributed by atoms with Gasteiger partial charge in [-0.15, -0.1) is 0 Å². The van der Waals surface area contributed by atoms with E-state index in [1.54, 1.807) is 0 Å². The molecule has 4 heteroatoms. The predicted octanol–water partition coefficient (Wildman–Crippen LogP) is 2.52.